The fourth-order valence-electron chi connectivity index (χ4n) is 1.69. The van der Waals surface area contributed by atoms with Crippen molar-refractivity contribution in [2.24, 2.45) is 0 Å². The molecule has 0 atom stereocenters. The fourth-order valence-corrected chi connectivity index (χ4v) is 2.28. The number of halogens is 1. The molecule has 0 radical (unpaired) electrons. The quantitative estimate of drug-likeness (QED) is 0.871. The molecule has 0 aromatic carbocycles. The minimum Gasteiger partial charge on any atom is -0.314 e. The van der Waals surface area contributed by atoms with Crippen LogP contribution in [0.2, 0.25) is 0 Å². The summed E-state index contributed by atoms with van der Waals surface area (Å²) in [6.45, 7) is 2.47. The second-order valence-electron chi connectivity index (χ2n) is 3.91. The average molecular weight is 293 g/mol. The number of aromatic nitrogens is 2. The van der Waals surface area contributed by atoms with Crippen LogP contribution in [-0.4, -0.2) is 9.55 Å². The van der Waals surface area contributed by atoms with Gasteiger partial charge >= 0.3 is 0 Å². The van der Waals surface area contributed by atoms with Gasteiger partial charge in [-0.3, -0.25) is 9.78 Å². The first-order chi connectivity index (χ1) is 8.16. The molecule has 2 rings (SSSR count). The molecule has 0 aliphatic heterocycles. The van der Waals surface area contributed by atoms with E-state index in [-0.39, 0.29) is 5.56 Å². The molecule has 2 heterocycles. The lowest BCUT2D eigenvalue weighted by Gasteiger charge is -2.07. The molecule has 0 bridgehead atoms. The Bertz CT molecular complexity index is 563. The summed E-state index contributed by atoms with van der Waals surface area (Å²) in [7, 11) is 0. The van der Waals surface area contributed by atoms with E-state index in [9.17, 15) is 4.79 Å². The van der Waals surface area contributed by atoms with Gasteiger partial charge in [0.05, 0.1) is 0 Å². The topological polar surface area (TPSA) is 34.9 Å². The smallest absolute Gasteiger partial charge is 0.253 e. The monoisotopic (exact) mass is 292 g/mol. The zero-order chi connectivity index (χ0) is 12.3. The first kappa shape index (κ1) is 12.0. The molecule has 0 saturated heterocycles. The maximum absolute atomic E-state index is 11.9. The highest BCUT2D eigenvalue weighted by molar-refractivity contribution is 9.10. The number of hydrogen-bond acceptors (Lipinski definition) is 2. The normalized spacial score (nSPS) is 10.5. The maximum Gasteiger partial charge on any atom is 0.253 e. The third-order valence-corrected chi connectivity index (χ3v) is 3.00. The van der Waals surface area contributed by atoms with Crippen LogP contribution in [0.15, 0.2) is 45.9 Å². The molecule has 0 amide bonds. The van der Waals surface area contributed by atoms with E-state index < -0.39 is 0 Å². The molecule has 2 aromatic heterocycles. The first-order valence-electron chi connectivity index (χ1n) is 5.43. The highest BCUT2D eigenvalue weighted by Crippen LogP contribution is 2.08. The fraction of sp³-hybridized carbons (Fsp3) is 0.231. The molecular weight excluding hydrogens is 280 g/mol. The van der Waals surface area contributed by atoms with Gasteiger partial charge in [-0.1, -0.05) is 6.07 Å². The zero-order valence-electron chi connectivity index (χ0n) is 9.56. The largest absolute Gasteiger partial charge is 0.314 e. The molecule has 17 heavy (non-hydrogen) atoms. The first-order valence-corrected chi connectivity index (χ1v) is 6.22. The van der Waals surface area contributed by atoms with Crippen molar-refractivity contribution in [2.45, 2.75) is 19.9 Å². The van der Waals surface area contributed by atoms with Gasteiger partial charge in [0, 0.05) is 41.1 Å². The van der Waals surface area contributed by atoms with E-state index in [1.165, 1.54) is 0 Å². The standard InChI is InChI=1S/C13H13BrN2O/c1-10-8-11(14)9-16(13(10)17)7-5-12-4-2-3-6-15-12/h2-4,6,8-9H,5,7H2,1H3. The van der Waals surface area contributed by atoms with E-state index in [4.69, 9.17) is 0 Å². The Morgan fingerprint density at radius 3 is 2.94 bits per heavy atom. The number of rotatable bonds is 3. The maximum atomic E-state index is 11.9. The molecular formula is C13H13BrN2O. The number of pyridine rings is 2. The summed E-state index contributed by atoms with van der Waals surface area (Å²) in [6.07, 6.45) is 4.35. The Hall–Kier alpha value is -1.42. The Balaban J connectivity index is 2.17. The van der Waals surface area contributed by atoms with E-state index in [1.807, 2.05) is 37.4 Å². The van der Waals surface area contributed by atoms with Crippen LogP contribution in [0.5, 0.6) is 0 Å². The minimum atomic E-state index is 0.0594. The van der Waals surface area contributed by atoms with Gasteiger partial charge in [-0.25, -0.2) is 0 Å². The van der Waals surface area contributed by atoms with Crippen LogP contribution in [0.25, 0.3) is 0 Å². The minimum absolute atomic E-state index is 0.0594. The summed E-state index contributed by atoms with van der Waals surface area (Å²) in [5.41, 5.74) is 1.81. The van der Waals surface area contributed by atoms with Crippen molar-refractivity contribution in [1.82, 2.24) is 9.55 Å². The van der Waals surface area contributed by atoms with Crippen LogP contribution in [0.3, 0.4) is 0 Å². The van der Waals surface area contributed by atoms with Gasteiger partial charge in [0.15, 0.2) is 0 Å². The van der Waals surface area contributed by atoms with E-state index >= 15 is 0 Å². The zero-order valence-corrected chi connectivity index (χ0v) is 11.1. The van der Waals surface area contributed by atoms with Crippen molar-refractivity contribution < 1.29 is 0 Å². The third-order valence-electron chi connectivity index (χ3n) is 2.57. The predicted octanol–water partition coefficient (Wildman–Crippen LogP) is 2.56. The van der Waals surface area contributed by atoms with Crippen LogP contribution < -0.4 is 5.56 Å². The van der Waals surface area contributed by atoms with E-state index in [2.05, 4.69) is 20.9 Å². The van der Waals surface area contributed by atoms with Gasteiger partial charge < -0.3 is 4.57 Å². The summed E-state index contributed by atoms with van der Waals surface area (Å²) >= 11 is 3.40. The van der Waals surface area contributed by atoms with Crippen LogP contribution in [0.4, 0.5) is 0 Å². The average Bonchev–Trinajstić information content (AvgIpc) is 2.33. The van der Waals surface area contributed by atoms with Crippen molar-refractivity contribution in [3.05, 3.63) is 62.7 Å². The molecule has 88 valence electrons. The highest BCUT2D eigenvalue weighted by atomic mass is 79.9. The van der Waals surface area contributed by atoms with Crippen LogP contribution >= 0.6 is 15.9 Å². The lowest BCUT2D eigenvalue weighted by molar-refractivity contribution is 0.654. The molecule has 0 aliphatic rings. The summed E-state index contributed by atoms with van der Waals surface area (Å²) in [5.74, 6) is 0. The van der Waals surface area contributed by atoms with E-state index in [0.717, 1.165) is 22.2 Å². The lowest BCUT2D eigenvalue weighted by atomic mass is 10.2. The molecule has 0 saturated carbocycles. The Morgan fingerprint density at radius 2 is 2.24 bits per heavy atom. The molecule has 0 fully saturated rings. The van der Waals surface area contributed by atoms with Gasteiger partial charge in [-0.2, -0.15) is 0 Å². The van der Waals surface area contributed by atoms with Gasteiger partial charge in [0.1, 0.15) is 0 Å². The SMILES string of the molecule is Cc1cc(Br)cn(CCc2ccccn2)c1=O. The third kappa shape index (κ3) is 3.03. The molecule has 3 nitrogen and oxygen atoms in total. The van der Waals surface area contributed by atoms with E-state index in [0.29, 0.717) is 6.54 Å². The van der Waals surface area contributed by atoms with Crippen molar-refractivity contribution >= 4 is 15.9 Å². The highest BCUT2D eigenvalue weighted by Gasteiger charge is 2.02. The Labute approximate surface area is 108 Å². The van der Waals surface area contributed by atoms with Crippen LogP contribution in [0, 0.1) is 6.92 Å². The number of hydrogen-bond donors (Lipinski definition) is 0. The number of aryl methyl sites for hydroxylation is 3. The molecule has 0 aliphatic carbocycles. The number of nitrogens with zero attached hydrogens (tertiary/aromatic N) is 2. The Morgan fingerprint density at radius 1 is 1.41 bits per heavy atom. The van der Waals surface area contributed by atoms with Crippen molar-refractivity contribution in [3.63, 3.8) is 0 Å². The molecule has 0 spiro atoms. The molecule has 4 heteroatoms. The van der Waals surface area contributed by atoms with Gasteiger partial charge in [-0.05, 0) is 41.1 Å². The van der Waals surface area contributed by atoms with E-state index in [1.54, 1.807) is 10.8 Å². The van der Waals surface area contributed by atoms with Crippen molar-refractivity contribution in [1.29, 1.82) is 0 Å². The lowest BCUT2D eigenvalue weighted by Crippen LogP contribution is -2.22. The second-order valence-corrected chi connectivity index (χ2v) is 4.83. The van der Waals surface area contributed by atoms with Crippen molar-refractivity contribution in [2.75, 3.05) is 0 Å². The molecule has 0 unspecified atom stereocenters. The summed E-state index contributed by atoms with van der Waals surface area (Å²) in [6, 6.07) is 7.64. The second kappa shape index (κ2) is 5.27. The molecule has 0 N–H and O–H groups in total. The molecule has 2 aromatic rings. The summed E-state index contributed by atoms with van der Waals surface area (Å²) in [5, 5.41) is 0. The van der Waals surface area contributed by atoms with Crippen molar-refractivity contribution in [3.8, 4) is 0 Å². The van der Waals surface area contributed by atoms with Gasteiger partial charge in [-0.15, -0.1) is 0 Å². The summed E-state index contributed by atoms with van der Waals surface area (Å²) < 4.78 is 2.64. The van der Waals surface area contributed by atoms with Crippen LogP contribution in [0.1, 0.15) is 11.3 Å². The predicted molar refractivity (Wildman–Crippen MR) is 71.1 cm³/mol. The summed E-state index contributed by atoms with van der Waals surface area (Å²) in [4.78, 5) is 16.1. The Kier molecular flexibility index (Phi) is 3.74. The van der Waals surface area contributed by atoms with Gasteiger partial charge in [0.2, 0.25) is 0 Å². The van der Waals surface area contributed by atoms with Crippen LogP contribution in [-0.2, 0) is 13.0 Å². The van der Waals surface area contributed by atoms with Gasteiger partial charge in [0.25, 0.3) is 5.56 Å².